The molecule has 1 aromatic carbocycles. The molecule has 1 fully saturated rings. The quantitative estimate of drug-likeness (QED) is 0.831. The molecule has 3 nitrogen and oxygen atoms in total. The number of aryl methyl sites for hydroxylation is 2. The SMILES string of the molecule is Cn1c(C2CCC2)nc2cc3c(cc21)CCCN3. The van der Waals surface area contributed by atoms with E-state index < -0.39 is 0 Å². The van der Waals surface area contributed by atoms with Crippen LogP contribution in [0.1, 0.15) is 43.0 Å². The molecule has 0 bridgehead atoms. The van der Waals surface area contributed by atoms with Gasteiger partial charge in [0, 0.05) is 25.2 Å². The summed E-state index contributed by atoms with van der Waals surface area (Å²) in [7, 11) is 2.17. The number of nitrogens with zero attached hydrogens (tertiary/aromatic N) is 2. The van der Waals surface area contributed by atoms with Crippen molar-refractivity contribution in [3.05, 3.63) is 23.5 Å². The van der Waals surface area contributed by atoms with Gasteiger partial charge in [-0.05, 0) is 43.4 Å². The van der Waals surface area contributed by atoms with Crippen LogP contribution >= 0.6 is 0 Å². The average molecular weight is 241 g/mol. The van der Waals surface area contributed by atoms with Crippen molar-refractivity contribution in [3.8, 4) is 0 Å². The first-order chi connectivity index (χ1) is 8.83. The summed E-state index contributed by atoms with van der Waals surface area (Å²) in [5.41, 5.74) is 5.22. The summed E-state index contributed by atoms with van der Waals surface area (Å²) in [5, 5.41) is 3.49. The van der Waals surface area contributed by atoms with Gasteiger partial charge in [0.1, 0.15) is 5.82 Å². The highest BCUT2D eigenvalue weighted by atomic mass is 15.1. The van der Waals surface area contributed by atoms with Gasteiger partial charge >= 0.3 is 0 Å². The van der Waals surface area contributed by atoms with E-state index in [4.69, 9.17) is 4.98 Å². The van der Waals surface area contributed by atoms with Gasteiger partial charge in [0.25, 0.3) is 0 Å². The predicted octanol–water partition coefficient (Wildman–Crippen LogP) is 3.20. The summed E-state index contributed by atoms with van der Waals surface area (Å²) >= 11 is 0. The Balaban J connectivity index is 1.89. The highest BCUT2D eigenvalue weighted by Gasteiger charge is 2.25. The van der Waals surface area contributed by atoms with E-state index in [1.165, 1.54) is 54.7 Å². The first-order valence-corrected chi connectivity index (χ1v) is 7.06. The first kappa shape index (κ1) is 10.4. The van der Waals surface area contributed by atoms with Crippen LogP contribution in [0.15, 0.2) is 12.1 Å². The van der Waals surface area contributed by atoms with E-state index >= 15 is 0 Å². The Morgan fingerprint density at radius 3 is 2.94 bits per heavy atom. The fourth-order valence-corrected chi connectivity index (χ4v) is 3.20. The zero-order valence-corrected chi connectivity index (χ0v) is 10.9. The normalized spacial score (nSPS) is 19.4. The fourth-order valence-electron chi connectivity index (χ4n) is 3.20. The highest BCUT2D eigenvalue weighted by molar-refractivity contribution is 5.82. The molecule has 1 N–H and O–H groups in total. The lowest BCUT2D eigenvalue weighted by atomic mass is 9.85. The minimum atomic E-state index is 0.701. The lowest BCUT2D eigenvalue weighted by Gasteiger charge is -2.24. The summed E-state index contributed by atoms with van der Waals surface area (Å²) in [4.78, 5) is 4.87. The lowest BCUT2D eigenvalue weighted by molar-refractivity contribution is 0.395. The van der Waals surface area contributed by atoms with Crippen LogP contribution in [0.4, 0.5) is 5.69 Å². The van der Waals surface area contributed by atoms with E-state index in [-0.39, 0.29) is 0 Å². The fraction of sp³-hybridized carbons (Fsp3) is 0.533. The van der Waals surface area contributed by atoms with E-state index in [1.54, 1.807) is 0 Å². The highest BCUT2D eigenvalue weighted by Crippen LogP contribution is 2.37. The Labute approximate surface area is 107 Å². The second-order valence-corrected chi connectivity index (χ2v) is 5.69. The van der Waals surface area contributed by atoms with Gasteiger partial charge in [-0.25, -0.2) is 4.98 Å². The largest absolute Gasteiger partial charge is 0.385 e. The molecule has 0 amide bonds. The van der Waals surface area contributed by atoms with Crippen LogP contribution in [0.5, 0.6) is 0 Å². The second-order valence-electron chi connectivity index (χ2n) is 5.69. The van der Waals surface area contributed by atoms with Crippen molar-refractivity contribution in [1.82, 2.24) is 9.55 Å². The summed E-state index contributed by atoms with van der Waals surface area (Å²) in [5.74, 6) is 1.99. The van der Waals surface area contributed by atoms with Crippen LogP contribution in [0, 0.1) is 0 Å². The maximum absolute atomic E-state index is 4.87. The molecule has 0 unspecified atom stereocenters. The standard InChI is InChI=1S/C15H19N3/c1-18-14-8-11-6-3-7-16-12(11)9-13(14)17-15(18)10-4-2-5-10/h8-10,16H,2-7H2,1H3. The smallest absolute Gasteiger partial charge is 0.112 e. The van der Waals surface area contributed by atoms with Crippen LogP contribution in [-0.4, -0.2) is 16.1 Å². The zero-order chi connectivity index (χ0) is 12.1. The zero-order valence-electron chi connectivity index (χ0n) is 10.9. The number of fused-ring (bicyclic) bond motifs is 2. The molecule has 94 valence electrons. The van der Waals surface area contributed by atoms with E-state index in [2.05, 4.69) is 29.1 Å². The van der Waals surface area contributed by atoms with Gasteiger partial charge in [0.05, 0.1) is 11.0 Å². The molecular formula is C15H19N3. The number of hydrogen-bond donors (Lipinski definition) is 1. The molecule has 3 heteroatoms. The molecule has 18 heavy (non-hydrogen) atoms. The Hall–Kier alpha value is -1.51. The van der Waals surface area contributed by atoms with Crippen molar-refractivity contribution in [2.75, 3.05) is 11.9 Å². The van der Waals surface area contributed by atoms with Gasteiger partial charge in [0.2, 0.25) is 0 Å². The van der Waals surface area contributed by atoms with Crippen molar-refractivity contribution in [3.63, 3.8) is 0 Å². The van der Waals surface area contributed by atoms with Crippen LogP contribution in [0.3, 0.4) is 0 Å². The summed E-state index contributed by atoms with van der Waals surface area (Å²) < 4.78 is 2.31. The molecule has 0 spiro atoms. The van der Waals surface area contributed by atoms with E-state index in [0.29, 0.717) is 5.92 Å². The third kappa shape index (κ3) is 1.39. The molecule has 4 rings (SSSR count). The van der Waals surface area contributed by atoms with Crippen LogP contribution in [0.2, 0.25) is 0 Å². The first-order valence-electron chi connectivity index (χ1n) is 7.06. The molecule has 0 atom stereocenters. The molecular weight excluding hydrogens is 222 g/mol. The lowest BCUT2D eigenvalue weighted by Crippen LogP contribution is -2.13. The molecule has 2 aromatic rings. The van der Waals surface area contributed by atoms with Crippen molar-refractivity contribution >= 4 is 16.7 Å². The molecule has 2 aliphatic rings. The Morgan fingerprint density at radius 1 is 1.28 bits per heavy atom. The monoisotopic (exact) mass is 241 g/mol. The van der Waals surface area contributed by atoms with Gasteiger partial charge in [-0.15, -0.1) is 0 Å². The van der Waals surface area contributed by atoms with Crippen molar-refractivity contribution in [2.24, 2.45) is 7.05 Å². The van der Waals surface area contributed by atoms with Crippen LogP contribution in [0.25, 0.3) is 11.0 Å². The van der Waals surface area contributed by atoms with E-state index in [9.17, 15) is 0 Å². The minimum absolute atomic E-state index is 0.701. The number of hydrogen-bond acceptors (Lipinski definition) is 2. The number of imidazole rings is 1. The minimum Gasteiger partial charge on any atom is -0.385 e. The maximum Gasteiger partial charge on any atom is 0.112 e. The molecule has 1 aliphatic heterocycles. The van der Waals surface area contributed by atoms with Crippen molar-refractivity contribution in [2.45, 2.75) is 38.0 Å². The Kier molecular flexibility index (Phi) is 2.16. The van der Waals surface area contributed by atoms with Gasteiger partial charge in [-0.3, -0.25) is 0 Å². The van der Waals surface area contributed by atoms with Crippen molar-refractivity contribution in [1.29, 1.82) is 0 Å². The third-order valence-corrected chi connectivity index (χ3v) is 4.55. The molecule has 0 radical (unpaired) electrons. The molecule has 0 saturated heterocycles. The van der Waals surface area contributed by atoms with Gasteiger partial charge in [-0.2, -0.15) is 0 Å². The second kappa shape index (κ2) is 3.74. The number of rotatable bonds is 1. The van der Waals surface area contributed by atoms with E-state index in [0.717, 1.165) is 12.1 Å². The Bertz CT molecular complexity index is 608. The number of benzene rings is 1. The van der Waals surface area contributed by atoms with Crippen molar-refractivity contribution < 1.29 is 0 Å². The summed E-state index contributed by atoms with van der Waals surface area (Å²) in [6, 6.07) is 4.58. The number of anilines is 1. The van der Waals surface area contributed by atoms with Crippen LogP contribution < -0.4 is 5.32 Å². The van der Waals surface area contributed by atoms with Gasteiger partial charge in [0.15, 0.2) is 0 Å². The summed E-state index contributed by atoms with van der Waals surface area (Å²) in [6.45, 7) is 1.10. The maximum atomic E-state index is 4.87. The molecule has 1 aromatic heterocycles. The van der Waals surface area contributed by atoms with E-state index in [1.807, 2.05) is 0 Å². The number of nitrogens with one attached hydrogen (secondary N) is 1. The summed E-state index contributed by atoms with van der Waals surface area (Å²) in [6.07, 6.45) is 6.43. The third-order valence-electron chi connectivity index (χ3n) is 4.55. The molecule has 2 heterocycles. The van der Waals surface area contributed by atoms with Crippen LogP contribution in [-0.2, 0) is 13.5 Å². The average Bonchev–Trinajstić information content (AvgIpc) is 2.62. The molecule has 1 aliphatic carbocycles. The number of aromatic nitrogens is 2. The molecule has 1 saturated carbocycles. The predicted molar refractivity (Wildman–Crippen MR) is 74.1 cm³/mol. The van der Waals surface area contributed by atoms with Gasteiger partial charge < -0.3 is 9.88 Å². The Morgan fingerprint density at radius 2 is 2.17 bits per heavy atom. The van der Waals surface area contributed by atoms with Gasteiger partial charge in [-0.1, -0.05) is 6.42 Å². The topological polar surface area (TPSA) is 29.9 Å².